The van der Waals surface area contributed by atoms with Crippen LogP contribution in [0.25, 0.3) is 0 Å². The average molecular weight is 435 g/mol. The van der Waals surface area contributed by atoms with Gasteiger partial charge >= 0.3 is 0 Å². The lowest BCUT2D eigenvalue weighted by atomic mass is 10.1. The third-order valence-corrected chi connectivity index (χ3v) is 5.97. The highest BCUT2D eigenvalue weighted by molar-refractivity contribution is 8.00. The van der Waals surface area contributed by atoms with E-state index >= 15 is 0 Å². The number of hydrogen-bond acceptors (Lipinski definition) is 2. The number of anilines is 1. The number of hydrogen-bond donors (Lipinski definition) is 0. The number of terminal acetylenes is 2. The van der Waals surface area contributed by atoms with Crippen LogP contribution in [0.1, 0.15) is 30.4 Å². The molecule has 3 rings (SSSR count). The Morgan fingerprint density at radius 3 is 2.27 bits per heavy atom. The van der Waals surface area contributed by atoms with Gasteiger partial charge in [0.15, 0.2) is 23.3 Å². The molecule has 0 spiro atoms. The predicted octanol–water partition coefficient (Wildman–Crippen LogP) is 6.05. The summed E-state index contributed by atoms with van der Waals surface area (Å²) in [5, 5.41) is 0. The van der Waals surface area contributed by atoms with E-state index < -0.39 is 29.1 Å². The van der Waals surface area contributed by atoms with E-state index in [9.17, 15) is 22.0 Å². The van der Waals surface area contributed by atoms with Crippen molar-refractivity contribution in [3.05, 3.63) is 58.4 Å². The molecule has 7 heteroatoms. The molecule has 0 heterocycles. The highest BCUT2D eigenvalue weighted by atomic mass is 32.2. The quantitative estimate of drug-likeness (QED) is 0.163. The maximum atomic E-state index is 14.6. The molecule has 0 radical (unpaired) electrons. The maximum Gasteiger partial charge on any atom is 0.198 e. The molecule has 2 aromatic carbocycles. The topological polar surface area (TPSA) is 3.24 Å². The van der Waals surface area contributed by atoms with E-state index in [-0.39, 0.29) is 35.0 Å². The second-order valence-corrected chi connectivity index (χ2v) is 8.05. The highest BCUT2D eigenvalue weighted by Crippen LogP contribution is 2.41. The summed E-state index contributed by atoms with van der Waals surface area (Å²) in [6.07, 6.45) is 13.0. The zero-order valence-electron chi connectivity index (χ0n) is 16.0. The van der Waals surface area contributed by atoms with Crippen LogP contribution in [0, 0.1) is 59.7 Å². The molecular formula is C23H18F5NS. The Hall–Kier alpha value is -2.64. The largest absolute Gasteiger partial charge is 0.300 e. The number of halogens is 5. The molecule has 1 saturated carbocycles. The maximum absolute atomic E-state index is 14.6. The molecule has 156 valence electrons. The number of benzene rings is 2. The standard InChI is InChI=1S/C23H18F5NS/c1-3-5-6-15-9-10-16(13-18(15)24)29(11-4-2)30-23-17(12-14-7-8-14)19(25)20(26)21(27)22(23)28/h1-2,9-10,13-14H,5-8,11-12H2. The van der Waals surface area contributed by atoms with E-state index in [1.807, 2.05) is 0 Å². The van der Waals surface area contributed by atoms with Crippen LogP contribution in [0.2, 0.25) is 0 Å². The van der Waals surface area contributed by atoms with E-state index in [1.165, 1.54) is 16.4 Å². The van der Waals surface area contributed by atoms with Crippen LogP contribution in [0.4, 0.5) is 27.6 Å². The van der Waals surface area contributed by atoms with Gasteiger partial charge in [0, 0.05) is 12.0 Å². The lowest BCUT2D eigenvalue weighted by Gasteiger charge is -2.23. The first-order chi connectivity index (χ1) is 14.4. The van der Waals surface area contributed by atoms with E-state index in [0.29, 0.717) is 30.4 Å². The van der Waals surface area contributed by atoms with Gasteiger partial charge in [0.1, 0.15) is 5.82 Å². The first-order valence-electron chi connectivity index (χ1n) is 9.33. The SMILES string of the molecule is C#CCCc1ccc(N(CC#C)Sc2c(F)c(F)c(F)c(F)c2CC2CC2)cc1F. The van der Waals surface area contributed by atoms with Gasteiger partial charge in [0.2, 0.25) is 0 Å². The third-order valence-electron chi connectivity index (χ3n) is 4.81. The minimum atomic E-state index is -1.88. The molecule has 1 fully saturated rings. The zero-order valence-corrected chi connectivity index (χ0v) is 16.8. The molecule has 30 heavy (non-hydrogen) atoms. The predicted molar refractivity (Wildman–Crippen MR) is 108 cm³/mol. The monoisotopic (exact) mass is 435 g/mol. The van der Waals surface area contributed by atoms with Crippen molar-refractivity contribution in [2.45, 2.75) is 37.0 Å². The van der Waals surface area contributed by atoms with Crippen molar-refractivity contribution < 1.29 is 22.0 Å². The summed E-state index contributed by atoms with van der Waals surface area (Å²) in [6, 6.07) is 4.29. The summed E-state index contributed by atoms with van der Waals surface area (Å²) in [7, 11) is 0. The molecule has 0 unspecified atom stereocenters. The zero-order chi connectivity index (χ0) is 21.8. The van der Waals surface area contributed by atoms with Crippen LogP contribution in [0.15, 0.2) is 23.1 Å². The smallest absolute Gasteiger partial charge is 0.198 e. The molecule has 0 saturated heterocycles. The molecular weight excluding hydrogens is 417 g/mol. The minimum Gasteiger partial charge on any atom is -0.300 e. The van der Waals surface area contributed by atoms with Crippen LogP contribution in [0.5, 0.6) is 0 Å². The molecule has 0 aromatic heterocycles. The van der Waals surface area contributed by atoms with Gasteiger partial charge in [0.05, 0.1) is 17.1 Å². The first kappa shape index (κ1) is 22.1. The lowest BCUT2D eigenvalue weighted by Crippen LogP contribution is -2.17. The second-order valence-electron chi connectivity index (χ2n) is 7.02. The van der Waals surface area contributed by atoms with Crippen molar-refractivity contribution in [2.75, 3.05) is 10.8 Å². The summed E-state index contributed by atoms with van der Waals surface area (Å²) in [6.45, 7) is -0.100. The highest BCUT2D eigenvalue weighted by Gasteiger charge is 2.31. The van der Waals surface area contributed by atoms with E-state index in [2.05, 4.69) is 11.8 Å². The van der Waals surface area contributed by atoms with Crippen molar-refractivity contribution in [3.8, 4) is 24.7 Å². The fourth-order valence-corrected chi connectivity index (χ4v) is 4.05. The summed E-state index contributed by atoms with van der Waals surface area (Å²) in [5.41, 5.74) is 0.454. The molecule has 0 bridgehead atoms. The van der Waals surface area contributed by atoms with Crippen LogP contribution < -0.4 is 4.31 Å². The Morgan fingerprint density at radius 1 is 0.967 bits per heavy atom. The summed E-state index contributed by atoms with van der Waals surface area (Å²) in [4.78, 5) is -0.384. The molecule has 2 aromatic rings. The van der Waals surface area contributed by atoms with Crippen LogP contribution in [0.3, 0.4) is 0 Å². The molecule has 0 amide bonds. The Balaban J connectivity index is 1.98. The van der Waals surface area contributed by atoms with Gasteiger partial charge in [-0.05, 0) is 61.2 Å². The van der Waals surface area contributed by atoms with Crippen LogP contribution >= 0.6 is 11.9 Å². The second kappa shape index (κ2) is 9.45. The summed E-state index contributed by atoms with van der Waals surface area (Å²) < 4.78 is 72.5. The minimum absolute atomic E-state index is 0.0889. The Labute approximate surface area is 176 Å². The van der Waals surface area contributed by atoms with Crippen molar-refractivity contribution >= 4 is 17.6 Å². The Morgan fingerprint density at radius 2 is 1.67 bits per heavy atom. The van der Waals surface area contributed by atoms with Crippen molar-refractivity contribution in [2.24, 2.45) is 5.92 Å². The summed E-state index contributed by atoms with van der Waals surface area (Å²) in [5.74, 6) is -2.25. The van der Waals surface area contributed by atoms with Gasteiger partial charge in [-0.2, -0.15) is 0 Å². The van der Waals surface area contributed by atoms with Crippen molar-refractivity contribution in [3.63, 3.8) is 0 Å². The number of aryl methyl sites for hydroxylation is 1. The van der Waals surface area contributed by atoms with Gasteiger partial charge in [0.25, 0.3) is 0 Å². The molecule has 0 atom stereocenters. The van der Waals surface area contributed by atoms with E-state index in [0.717, 1.165) is 12.8 Å². The van der Waals surface area contributed by atoms with Crippen LogP contribution in [-0.2, 0) is 12.8 Å². The first-order valence-corrected chi connectivity index (χ1v) is 10.1. The molecule has 1 aliphatic carbocycles. The molecule has 1 aliphatic rings. The fraction of sp³-hybridized carbons (Fsp3) is 0.304. The van der Waals surface area contributed by atoms with E-state index in [1.54, 1.807) is 6.07 Å². The van der Waals surface area contributed by atoms with Crippen molar-refractivity contribution in [1.29, 1.82) is 0 Å². The van der Waals surface area contributed by atoms with Gasteiger partial charge in [-0.15, -0.1) is 18.8 Å². The molecule has 0 N–H and O–H groups in total. The van der Waals surface area contributed by atoms with Gasteiger partial charge < -0.3 is 0 Å². The fourth-order valence-electron chi connectivity index (χ4n) is 3.02. The molecule has 0 aliphatic heterocycles. The average Bonchev–Trinajstić information content (AvgIpc) is 3.55. The van der Waals surface area contributed by atoms with Gasteiger partial charge in [-0.1, -0.05) is 12.0 Å². The van der Waals surface area contributed by atoms with Crippen molar-refractivity contribution in [1.82, 2.24) is 0 Å². The summed E-state index contributed by atoms with van der Waals surface area (Å²) >= 11 is 0.629. The number of nitrogens with zero attached hydrogens (tertiary/aromatic N) is 1. The molecule has 1 nitrogen and oxygen atoms in total. The van der Waals surface area contributed by atoms with Gasteiger partial charge in [-0.3, -0.25) is 4.31 Å². The number of rotatable bonds is 8. The van der Waals surface area contributed by atoms with Crippen LogP contribution in [-0.4, -0.2) is 6.54 Å². The Bertz CT molecular complexity index is 1030. The normalized spacial score (nSPS) is 13.0. The third kappa shape index (κ3) is 4.74. The Kier molecular flexibility index (Phi) is 6.95. The lowest BCUT2D eigenvalue weighted by molar-refractivity contribution is 0.390. The van der Waals surface area contributed by atoms with E-state index in [4.69, 9.17) is 12.8 Å². The van der Waals surface area contributed by atoms with Gasteiger partial charge in [-0.25, -0.2) is 22.0 Å².